The summed E-state index contributed by atoms with van der Waals surface area (Å²) in [5.41, 5.74) is 88.7. The number of amides is 5. The Morgan fingerprint density at radius 2 is 0.500 bits per heavy atom. The van der Waals surface area contributed by atoms with Crippen molar-refractivity contribution >= 4 is 123 Å². The van der Waals surface area contributed by atoms with Crippen LogP contribution in [0.3, 0.4) is 0 Å². The summed E-state index contributed by atoms with van der Waals surface area (Å²) < 4.78 is 0. The predicted octanol–water partition coefficient (Wildman–Crippen LogP) is -1.54. The summed E-state index contributed by atoms with van der Waals surface area (Å²) in [6.07, 6.45) is 7.32. The van der Waals surface area contributed by atoms with E-state index >= 15 is 0 Å². The monoisotopic (exact) mass is 1720 g/mol. The highest BCUT2D eigenvalue weighted by Crippen LogP contribution is 2.25. The van der Waals surface area contributed by atoms with Gasteiger partial charge in [-0.3, -0.25) is 102 Å². The second-order valence-electron chi connectivity index (χ2n) is 31.1. The Morgan fingerprint density at radius 1 is 0.246 bits per heavy atom. The standard InChI is InChI=1S/C80H149N29O13/c1-4-52(21-13-37-99-73(81)82)68(118)97-35-9-5-7-27-58(110)47-55(24-16-40-102-76(87)88)71(121)108-62(31-19-43-105-79(93)94)64(114)33-11-29-60(112)45-53(22-14-38-100-74(83)84)66(116)49-57(26-18-42-104-78(91)92)69(119)98-36-10-6-8-28-59(111)48-56(25-17-41-103-77(89)90)72(122)109-63(32-20-44-106-80(95)96)65(115)34-12-30-61(113)46-54(23-15-39-101-75(85)86)70(120)107-50-67(117)51(2)3/h51-57,62-63H,4-50H2,1-3H3,(H,97,118)(H,98,119)(H,107,120)(H,108,121)(H,109,122)(H4,81,82,99)(H4,83,84,100)(H4,85,86,101)(H4,87,88,102)(H4,89,90,103)(H4,91,92,104)(H4,93,94,105)(H4,95,96,106). The van der Waals surface area contributed by atoms with Crippen LogP contribution in [0.4, 0.5) is 0 Å². The molecule has 42 heteroatoms. The molecule has 0 aromatic heterocycles. The summed E-state index contributed by atoms with van der Waals surface area (Å²) in [7, 11) is 0. The molecule has 0 aliphatic heterocycles. The molecule has 0 heterocycles. The quantitative estimate of drug-likeness (QED) is 0.0186. The minimum absolute atomic E-state index is 0.00270. The van der Waals surface area contributed by atoms with E-state index in [0.717, 1.165) is 0 Å². The van der Waals surface area contributed by atoms with Crippen molar-refractivity contribution in [3.05, 3.63) is 0 Å². The number of guanidine groups is 8. The summed E-state index contributed by atoms with van der Waals surface area (Å²) in [4.78, 5) is 210. The number of hydrogen-bond donors (Lipinski definition) is 21. The summed E-state index contributed by atoms with van der Waals surface area (Å²) in [6, 6.07) is -2.11. The largest absolute Gasteiger partial charge is 0.370 e. The van der Waals surface area contributed by atoms with Crippen LogP contribution >= 0.6 is 0 Å². The molecule has 692 valence electrons. The predicted molar refractivity (Wildman–Crippen MR) is 476 cm³/mol. The average molecular weight is 1730 g/mol. The molecule has 0 aromatic rings. The molecule has 0 aliphatic rings. The SMILES string of the molecule is CCC(CCCN=C(N)N)C(=O)NCCCCCC(=O)CC(CCCN=C(N)N)C(=O)NC(CCCN=C(N)N)C(=O)CCCC(=O)CC(CCCN=C(N)N)C(=O)CC(CCCN=C(N)N)C(=O)NCCCCCC(=O)CC(CCCN=C(N)N)C(=O)NC(CCCN=C(N)N)C(=O)CCCC(=O)CC(CCCN=C(N)N)C(=O)NCC(=O)C(C)C. The van der Waals surface area contributed by atoms with E-state index in [4.69, 9.17) is 91.7 Å². The molecule has 42 nitrogen and oxygen atoms in total. The van der Waals surface area contributed by atoms with Crippen LogP contribution in [0, 0.1) is 41.4 Å². The Bertz CT molecular complexity index is 3460. The third-order valence-corrected chi connectivity index (χ3v) is 20.2. The molecule has 0 radical (unpaired) electrons. The smallest absolute Gasteiger partial charge is 0.224 e. The molecule has 8 unspecified atom stereocenters. The number of Topliss-reactive ketones (excluding diaryl/α,β-unsaturated/α-hetero) is 8. The van der Waals surface area contributed by atoms with Gasteiger partial charge in [-0.05, 0) is 148 Å². The molecule has 8 atom stereocenters. The number of aliphatic imine (C=N–C) groups is 8. The molecule has 0 spiro atoms. The highest BCUT2D eigenvalue weighted by Gasteiger charge is 2.32. The summed E-state index contributed by atoms with van der Waals surface area (Å²) >= 11 is 0. The average Bonchev–Trinajstić information content (AvgIpc) is 0.887. The maximum atomic E-state index is 14.5. The normalized spacial score (nSPS) is 12.9. The summed E-state index contributed by atoms with van der Waals surface area (Å²) in [6.45, 7) is 7.27. The molecule has 5 amide bonds. The van der Waals surface area contributed by atoms with Crippen molar-refractivity contribution in [2.45, 2.75) is 264 Å². The third-order valence-electron chi connectivity index (χ3n) is 20.2. The van der Waals surface area contributed by atoms with E-state index in [1.807, 2.05) is 6.92 Å². The van der Waals surface area contributed by atoms with Crippen molar-refractivity contribution < 1.29 is 62.3 Å². The molecule has 0 saturated carbocycles. The first kappa shape index (κ1) is 111. The van der Waals surface area contributed by atoms with Crippen molar-refractivity contribution in [1.82, 2.24) is 26.6 Å². The minimum Gasteiger partial charge on any atom is -0.370 e. The van der Waals surface area contributed by atoms with E-state index < -0.39 is 71.1 Å². The fraction of sp³-hybridized carbons (Fsp3) is 0.738. The number of unbranched alkanes of at least 4 members (excludes halogenated alkanes) is 4. The lowest BCUT2D eigenvalue weighted by atomic mass is 9.85. The van der Waals surface area contributed by atoms with Gasteiger partial charge in [-0.15, -0.1) is 0 Å². The first-order valence-electron chi connectivity index (χ1n) is 42.9. The second-order valence-corrected chi connectivity index (χ2v) is 31.1. The number of carbonyl (C=O) groups is 13. The van der Waals surface area contributed by atoms with Crippen LogP contribution < -0.4 is 118 Å². The molecule has 0 saturated heterocycles. The van der Waals surface area contributed by atoms with Crippen molar-refractivity contribution in [3.8, 4) is 0 Å². The number of nitrogens with one attached hydrogen (secondary N) is 5. The van der Waals surface area contributed by atoms with Gasteiger partial charge in [0.05, 0.1) is 18.6 Å². The van der Waals surface area contributed by atoms with Crippen LogP contribution in [0.15, 0.2) is 39.9 Å². The third kappa shape index (κ3) is 59.5. The van der Waals surface area contributed by atoms with Gasteiger partial charge in [0.1, 0.15) is 28.9 Å². The van der Waals surface area contributed by atoms with Gasteiger partial charge in [0, 0.05) is 178 Å². The molecular weight excluding hydrogens is 1580 g/mol. The van der Waals surface area contributed by atoms with Gasteiger partial charge < -0.3 is 118 Å². The highest BCUT2D eigenvalue weighted by molar-refractivity contribution is 5.95. The van der Waals surface area contributed by atoms with Crippen molar-refractivity contribution in [3.63, 3.8) is 0 Å². The van der Waals surface area contributed by atoms with Crippen LogP contribution in [-0.4, -0.2) is 208 Å². The fourth-order valence-electron chi connectivity index (χ4n) is 13.4. The first-order chi connectivity index (χ1) is 57.8. The molecule has 0 fully saturated rings. The summed E-state index contributed by atoms with van der Waals surface area (Å²) in [5, 5.41) is 14.2. The van der Waals surface area contributed by atoms with E-state index in [9.17, 15) is 62.3 Å². The maximum Gasteiger partial charge on any atom is 0.224 e. The van der Waals surface area contributed by atoms with Crippen LogP contribution in [0.1, 0.15) is 252 Å². The topological polar surface area (TPSA) is 797 Å². The van der Waals surface area contributed by atoms with E-state index in [-0.39, 0.29) is 306 Å². The van der Waals surface area contributed by atoms with Crippen LogP contribution in [0.5, 0.6) is 0 Å². The van der Waals surface area contributed by atoms with Crippen LogP contribution in [0.25, 0.3) is 0 Å². The molecule has 0 bridgehead atoms. The minimum atomic E-state index is -1.06. The number of rotatable bonds is 76. The number of nitrogens with zero attached hydrogens (tertiary/aromatic N) is 8. The number of nitrogens with two attached hydrogens (primary N) is 16. The van der Waals surface area contributed by atoms with E-state index in [0.29, 0.717) is 103 Å². The zero-order chi connectivity index (χ0) is 91.7. The molecule has 0 rings (SSSR count). The van der Waals surface area contributed by atoms with Crippen molar-refractivity contribution in [2.75, 3.05) is 72.0 Å². The first-order valence-corrected chi connectivity index (χ1v) is 42.9. The van der Waals surface area contributed by atoms with Crippen LogP contribution in [-0.2, 0) is 62.3 Å². The highest BCUT2D eigenvalue weighted by atomic mass is 16.2. The lowest BCUT2D eigenvalue weighted by molar-refractivity contribution is -0.133. The van der Waals surface area contributed by atoms with E-state index in [1.54, 1.807) is 13.8 Å². The lowest BCUT2D eigenvalue weighted by Gasteiger charge is -2.22. The van der Waals surface area contributed by atoms with E-state index in [1.165, 1.54) is 0 Å². The van der Waals surface area contributed by atoms with Gasteiger partial charge in [-0.2, -0.15) is 0 Å². The molecule has 0 aliphatic carbocycles. The molecule has 37 N–H and O–H groups in total. The Hall–Kier alpha value is -11.1. The molecular formula is C80H149N29O13. The number of hydrogen-bond acceptors (Lipinski definition) is 21. The molecule has 122 heavy (non-hydrogen) atoms. The van der Waals surface area contributed by atoms with Gasteiger partial charge in [0.2, 0.25) is 29.5 Å². The van der Waals surface area contributed by atoms with Gasteiger partial charge in [0.25, 0.3) is 0 Å². The Balaban J connectivity index is 6.37. The van der Waals surface area contributed by atoms with Gasteiger partial charge in [0.15, 0.2) is 65.0 Å². The Labute approximate surface area is 718 Å². The van der Waals surface area contributed by atoms with Gasteiger partial charge in [-0.1, -0.05) is 33.6 Å². The van der Waals surface area contributed by atoms with Crippen molar-refractivity contribution in [1.29, 1.82) is 0 Å². The number of ketones is 8. The summed E-state index contributed by atoms with van der Waals surface area (Å²) in [5.74, 6) is -10.4. The van der Waals surface area contributed by atoms with E-state index in [2.05, 4.69) is 66.5 Å². The van der Waals surface area contributed by atoms with Gasteiger partial charge >= 0.3 is 0 Å². The van der Waals surface area contributed by atoms with Crippen LogP contribution in [0.2, 0.25) is 0 Å². The van der Waals surface area contributed by atoms with Gasteiger partial charge in [-0.25, -0.2) is 0 Å². The van der Waals surface area contributed by atoms with Crippen molar-refractivity contribution in [2.24, 2.45) is 173 Å². The fourth-order valence-corrected chi connectivity index (χ4v) is 13.4. The second kappa shape index (κ2) is 67.5. The Morgan fingerprint density at radius 3 is 0.803 bits per heavy atom. The zero-order valence-corrected chi connectivity index (χ0v) is 72.6. The Kier molecular flexibility index (Phi) is 61.4. The zero-order valence-electron chi connectivity index (χ0n) is 72.6. The molecule has 0 aromatic carbocycles. The number of carbonyl (C=O) groups excluding carboxylic acids is 13. The lowest BCUT2D eigenvalue weighted by Crippen LogP contribution is -2.44. The maximum absolute atomic E-state index is 14.5.